The maximum atomic E-state index is 13.7. The molecule has 0 heterocycles. The topological polar surface area (TPSA) is 96.0 Å². The molecule has 186 valence electrons. The fourth-order valence-corrected chi connectivity index (χ4v) is 4.54. The molecular weight excluding hydrogens is 454 g/mol. The molecule has 0 saturated heterocycles. The molecule has 0 fully saturated rings. The van der Waals surface area contributed by atoms with Crippen LogP contribution >= 0.6 is 0 Å². The van der Waals surface area contributed by atoms with Gasteiger partial charge in [0, 0.05) is 13.1 Å². The highest BCUT2D eigenvalue weighted by molar-refractivity contribution is 7.92. The van der Waals surface area contributed by atoms with Gasteiger partial charge in [0.1, 0.15) is 18.3 Å². The molecule has 1 atom stereocenters. The van der Waals surface area contributed by atoms with Gasteiger partial charge in [-0.15, -0.1) is 0 Å². The maximum absolute atomic E-state index is 13.7. The summed E-state index contributed by atoms with van der Waals surface area (Å²) in [5.74, 6) is -0.397. The van der Waals surface area contributed by atoms with Gasteiger partial charge in [0.25, 0.3) is 0 Å². The van der Waals surface area contributed by atoms with Crippen molar-refractivity contribution in [3.05, 3.63) is 59.7 Å². The molecule has 0 aliphatic carbocycles. The number of rotatable bonds is 12. The molecular formula is C25H35N3O5S. The van der Waals surface area contributed by atoms with Crippen LogP contribution < -0.4 is 14.4 Å². The summed E-state index contributed by atoms with van der Waals surface area (Å²) in [4.78, 5) is 28.1. The minimum absolute atomic E-state index is 0.188. The SMILES string of the molecule is CCCNC(=O)C(CC)N(Cc1ccccc1C)C(=O)CN(c1ccccc1OC)S(C)(=O)=O. The average Bonchev–Trinajstić information content (AvgIpc) is 2.81. The monoisotopic (exact) mass is 489 g/mol. The van der Waals surface area contributed by atoms with Crippen molar-refractivity contribution in [3.63, 3.8) is 0 Å². The Balaban J connectivity index is 2.47. The van der Waals surface area contributed by atoms with Gasteiger partial charge >= 0.3 is 0 Å². The predicted molar refractivity (Wildman–Crippen MR) is 134 cm³/mol. The third-order valence-electron chi connectivity index (χ3n) is 5.57. The van der Waals surface area contributed by atoms with Crippen LogP contribution in [0.3, 0.4) is 0 Å². The molecule has 0 radical (unpaired) electrons. The first-order valence-corrected chi connectivity index (χ1v) is 13.2. The number of nitrogens with one attached hydrogen (secondary N) is 1. The number of amides is 2. The second-order valence-corrected chi connectivity index (χ2v) is 10.0. The summed E-state index contributed by atoms with van der Waals surface area (Å²) in [5, 5.41) is 2.87. The molecule has 8 nitrogen and oxygen atoms in total. The number of hydrogen-bond acceptors (Lipinski definition) is 5. The van der Waals surface area contributed by atoms with E-state index >= 15 is 0 Å². The summed E-state index contributed by atoms with van der Waals surface area (Å²) in [6.45, 7) is 5.96. The Morgan fingerprint density at radius 3 is 2.29 bits per heavy atom. The van der Waals surface area contributed by atoms with E-state index in [1.165, 1.54) is 12.0 Å². The smallest absolute Gasteiger partial charge is 0.244 e. The third kappa shape index (κ3) is 6.96. The molecule has 1 unspecified atom stereocenters. The van der Waals surface area contributed by atoms with Crippen LogP contribution in [0.5, 0.6) is 5.75 Å². The average molecular weight is 490 g/mol. The minimum atomic E-state index is -3.82. The quantitative estimate of drug-likeness (QED) is 0.494. The Hall–Kier alpha value is -3.07. The summed E-state index contributed by atoms with van der Waals surface area (Å²) < 4.78 is 31.8. The van der Waals surface area contributed by atoms with Gasteiger partial charge in [-0.25, -0.2) is 8.42 Å². The van der Waals surface area contributed by atoms with Crippen molar-refractivity contribution in [2.45, 2.75) is 46.2 Å². The summed E-state index contributed by atoms with van der Waals surface area (Å²) in [6, 6.07) is 13.5. The molecule has 2 amide bonds. The predicted octanol–water partition coefficient (Wildman–Crippen LogP) is 3.10. The molecule has 34 heavy (non-hydrogen) atoms. The molecule has 0 bridgehead atoms. The van der Waals surface area contributed by atoms with Crippen molar-refractivity contribution in [1.29, 1.82) is 0 Å². The van der Waals surface area contributed by atoms with Crippen molar-refractivity contribution in [2.75, 3.05) is 30.8 Å². The van der Waals surface area contributed by atoms with E-state index in [9.17, 15) is 18.0 Å². The van der Waals surface area contributed by atoms with E-state index in [0.29, 0.717) is 18.7 Å². The van der Waals surface area contributed by atoms with Gasteiger partial charge in [0.2, 0.25) is 21.8 Å². The fourth-order valence-electron chi connectivity index (χ4n) is 3.69. The number of para-hydroxylation sites is 2. The van der Waals surface area contributed by atoms with E-state index in [1.54, 1.807) is 24.3 Å². The molecule has 0 saturated carbocycles. The normalized spacial score (nSPS) is 12.0. The van der Waals surface area contributed by atoms with Crippen molar-refractivity contribution in [3.8, 4) is 5.75 Å². The first-order chi connectivity index (χ1) is 16.1. The van der Waals surface area contributed by atoms with Crippen LogP contribution in [0, 0.1) is 6.92 Å². The number of ether oxygens (including phenoxy) is 1. The third-order valence-corrected chi connectivity index (χ3v) is 6.70. The Kier molecular flexibility index (Phi) is 9.92. The van der Waals surface area contributed by atoms with Crippen molar-refractivity contribution < 1.29 is 22.7 Å². The number of sulfonamides is 1. The Labute approximate surface area is 202 Å². The van der Waals surface area contributed by atoms with Crippen LogP contribution in [-0.2, 0) is 26.2 Å². The van der Waals surface area contributed by atoms with Gasteiger partial charge in [-0.3, -0.25) is 13.9 Å². The lowest BCUT2D eigenvalue weighted by Gasteiger charge is -2.33. The number of aryl methyl sites for hydroxylation is 1. The zero-order chi connectivity index (χ0) is 25.3. The van der Waals surface area contributed by atoms with E-state index in [0.717, 1.165) is 28.1 Å². The second-order valence-electron chi connectivity index (χ2n) is 8.10. The van der Waals surface area contributed by atoms with Gasteiger partial charge in [0.05, 0.1) is 19.1 Å². The molecule has 9 heteroatoms. The van der Waals surface area contributed by atoms with Crippen LogP contribution in [0.15, 0.2) is 48.5 Å². The van der Waals surface area contributed by atoms with Crippen LogP contribution in [0.4, 0.5) is 5.69 Å². The van der Waals surface area contributed by atoms with Gasteiger partial charge in [0.15, 0.2) is 0 Å². The van der Waals surface area contributed by atoms with Crippen LogP contribution in [0.2, 0.25) is 0 Å². The fraction of sp³-hybridized carbons (Fsp3) is 0.440. The first kappa shape index (κ1) is 27.2. The number of carbonyl (C=O) groups excluding carboxylic acids is 2. The highest BCUT2D eigenvalue weighted by atomic mass is 32.2. The second kappa shape index (κ2) is 12.4. The summed E-state index contributed by atoms with van der Waals surface area (Å²) in [7, 11) is -2.38. The highest BCUT2D eigenvalue weighted by Crippen LogP contribution is 2.29. The highest BCUT2D eigenvalue weighted by Gasteiger charge is 2.32. The van der Waals surface area contributed by atoms with E-state index in [-0.39, 0.29) is 18.1 Å². The largest absolute Gasteiger partial charge is 0.495 e. The lowest BCUT2D eigenvalue weighted by Crippen LogP contribution is -2.52. The van der Waals surface area contributed by atoms with Crippen molar-refractivity contribution in [1.82, 2.24) is 10.2 Å². The minimum Gasteiger partial charge on any atom is -0.495 e. The molecule has 2 aromatic rings. The molecule has 0 aromatic heterocycles. The Morgan fingerprint density at radius 2 is 1.71 bits per heavy atom. The number of nitrogens with zero attached hydrogens (tertiary/aromatic N) is 2. The Morgan fingerprint density at radius 1 is 1.06 bits per heavy atom. The van der Waals surface area contributed by atoms with E-state index in [1.807, 2.05) is 45.0 Å². The van der Waals surface area contributed by atoms with Gasteiger partial charge in [-0.1, -0.05) is 50.2 Å². The molecule has 2 rings (SSSR count). The number of methoxy groups -OCH3 is 1. The van der Waals surface area contributed by atoms with E-state index in [2.05, 4.69) is 5.32 Å². The zero-order valence-electron chi connectivity index (χ0n) is 20.6. The Bertz CT molecular complexity index is 1090. The number of anilines is 1. The van der Waals surface area contributed by atoms with Crippen LogP contribution in [0.25, 0.3) is 0 Å². The number of benzene rings is 2. The van der Waals surface area contributed by atoms with Crippen LogP contribution in [-0.4, -0.2) is 57.6 Å². The van der Waals surface area contributed by atoms with Gasteiger partial charge in [-0.2, -0.15) is 0 Å². The lowest BCUT2D eigenvalue weighted by molar-refractivity contribution is -0.140. The standard InChI is InChI=1S/C25H35N3O5S/c1-6-16-26-25(30)21(7-2)27(17-20-13-9-8-12-19(20)3)24(29)18-28(34(5,31)32)22-14-10-11-15-23(22)33-4/h8-15,21H,6-7,16-18H2,1-5H3,(H,26,30). The van der Waals surface area contributed by atoms with E-state index in [4.69, 9.17) is 4.74 Å². The van der Waals surface area contributed by atoms with Crippen LogP contribution in [0.1, 0.15) is 37.8 Å². The number of carbonyl (C=O) groups is 2. The lowest BCUT2D eigenvalue weighted by atomic mass is 10.1. The molecule has 2 aromatic carbocycles. The molecule has 0 aliphatic heterocycles. The first-order valence-electron chi connectivity index (χ1n) is 11.4. The summed E-state index contributed by atoms with van der Waals surface area (Å²) in [6.07, 6.45) is 2.20. The summed E-state index contributed by atoms with van der Waals surface area (Å²) in [5.41, 5.74) is 2.13. The van der Waals surface area contributed by atoms with Gasteiger partial charge < -0.3 is 15.0 Å². The van der Waals surface area contributed by atoms with Gasteiger partial charge in [-0.05, 0) is 43.0 Å². The summed E-state index contributed by atoms with van der Waals surface area (Å²) >= 11 is 0. The molecule has 1 N–H and O–H groups in total. The molecule has 0 spiro atoms. The molecule has 0 aliphatic rings. The zero-order valence-corrected chi connectivity index (χ0v) is 21.4. The number of hydrogen-bond donors (Lipinski definition) is 1. The maximum Gasteiger partial charge on any atom is 0.244 e. The van der Waals surface area contributed by atoms with Crippen molar-refractivity contribution >= 4 is 27.5 Å². The van der Waals surface area contributed by atoms with Crippen molar-refractivity contribution in [2.24, 2.45) is 0 Å². The van der Waals surface area contributed by atoms with E-state index < -0.39 is 28.5 Å².